The minimum absolute atomic E-state index is 0.00941. The van der Waals surface area contributed by atoms with Crippen molar-refractivity contribution in [3.8, 4) is 11.1 Å². The van der Waals surface area contributed by atoms with Crippen LogP contribution in [0.3, 0.4) is 0 Å². The monoisotopic (exact) mass is 458 g/mol. The van der Waals surface area contributed by atoms with E-state index in [1.165, 1.54) is 0 Å². The van der Waals surface area contributed by atoms with Crippen LogP contribution >= 0.6 is 0 Å². The summed E-state index contributed by atoms with van der Waals surface area (Å²) in [6, 6.07) is 17.5. The van der Waals surface area contributed by atoms with Crippen molar-refractivity contribution in [2.24, 2.45) is 0 Å². The lowest BCUT2D eigenvalue weighted by Crippen LogP contribution is -2.36. The Hall–Kier alpha value is -3.43. The Kier molecular flexibility index (Phi) is 6.35. The zero-order chi connectivity index (χ0) is 23.6. The molecule has 1 aliphatic rings. The average molecular weight is 458 g/mol. The molecule has 0 saturated carbocycles. The molecule has 1 aromatic heterocycles. The van der Waals surface area contributed by atoms with E-state index in [1.807, 2.05) is 48.5 Å². The molecule has 4 rings (SSSR count). The normalized spacial score (nSPS) is 14.8. The zero-order valence-electron chi connectivity index (χ0n) is 17.3. The second kappa shape index (κ2) is 9.21. The van der Waals surface area contributed by atoms with Crippen LogP contribution in [0.4, 0.5) is 18.0 Å². The topological polar surface area (TPSA) is 91.7 Å². The second-order valence-corrected chi connectivity index (χ2v) is 7.69. The van der Waals surface area contributed by atoms with Gasteiger partial charge in [-0.05, 0) is 28.3 Å². The van der Waals surface area contributed by atoms with Gasteiger partial charge in [0.2, 0.25) is 0 Å². The summed E-state index contributed by atoms with van der Waals surface area (Å²) in [5.74, 6) is -0.128. The molecule has 0 spiro atoms. The lowest BCUT2D eigenvalue weighted by molar-refractivity contribution is -0.141. The number of alkyl halides is 3. The summed E-state index contributed by atoms with van der Waals surface area (Å²) >= 11 is 0. The molecule has 2 aromatic carbocycles. The van der Waals surface area contributed by atoms with Crippen molar-refractivity contribution < 1.29 is 32.9 Å². The molecule has 2 unspecified atom stereocenters. The fourth-order valence-electron chi connectivity index (χ4n) is 3.92. The molecule has 0 saturated heterocycles. The highest BCUT2D eigenvalue weighted by Crippen LogP contribution is 2.44. The first-order chi connectivity index (χ1) is 15.8. The summed E-state index contributed by atoms with van der Waals surface area (Å²) in [4.78, 5) is 15.4. The standard InChI is InChI=1S/C24H21F3N2O4/c25-24(26,27)21-10-9-14(11-28-21)22(31)20(30)12-29-23(32)33-13-19-17-7-3-1-5-15(17)16-6-2-4-8-18(16)19/h1-11,19-20,22,30-31H,12-13H2,(H,29,32). The van der Waals surface area contributed by atoms with Crippen LogP contribution in [0.15, 0.2) is 66.9 Å². The summed E-state index contributed by atoms with van der Waals surface area (Å²) in [7, 11) is 0. The van der Waals surface area contributed by atoms with Crippen molar-refractivity contribution in [3.63, 3.8) is 0 Å². The predicted molar refractivity (Wildman–Crippen MR) is 113 cm³/mol. The van der Waals surface area contributed by atoms with Gasteiger partial charge in [-0.3, -0.25) is 4.98 Å². The van der Waals surface area contributed by atoms with Gasteiger partial charge in [0.1, 0.15) is 24.5 Å². The fraction of sp³-hybridized carbons (Fsp3) is 0.250. The molecule has 172 valence electrons. The number of hydrogen-bond donors (Lipinski definition) is 3. The Balaban J connectivity index is 1.32. The Labute approximate surface area is 187 Å². The van der Waals surface area contributed by atoms with Crippen molar-refractivity contribution >= 4 is 6.09 Å². The third-order valence-corrected chi connectivity index (χ3v) is 5.58. The number of benzene rings is 2. The van der Waals surface area contributed by atoms with Crippen molar-refractivity contribution in [3.05, 3.63) is 89.2 Å². The summed E-state index contributed by atoms with van der Waals surface area (Å²) in [5.41, 5.74) is 3.17. The average Bonchev–Trinajstić information content (AvgIpc) is 3.14. The van der Waals surface area contributed by atoms with E-state index < -0.39 is 30.2 Å². The van der Waals surface area contributed by atoms with Gasteiger partial charge in [-0.1, -0.05) is 54.6 Å². The van der Waals surface area contributed by atoms with Crippen LogP contribution in [-0.4, -0.2) is 40.5 Å². The third kappa shape index (κ3) is 4.84. The number of amides is 1. The van der Waals surface area contributed by atoms with Gasteiger partial charge in [-0.15, -0.1) is 0 Å². The maximum Gasteiger partial charge on any atom is 0.433 e. The minimum atomic E-state index is -4.60. The van der Waals surface area contributed by atoms with Crippen LogP contribution in [0.5, 0.6) is 0 Å². The van der Waals surface area contributed by atoms with E-state index in [0.29, 0.717) is 6.07 Å². The summed E-state index contributed by atoms with van der Waals surface area (Å²) in [5, 5.41) is 22.6. The van der Waals surface area contributed by atoms with Crippen LogP contribution < -0.4 is 5.32 Å². The number of nitrogens with one attached hydrogen (secondary N) is 1. The quantitative estimate of drug-likeness (QED) is 0.519. The molecular weight excluding hydrogens is 437 g/mol. The van der Waals surface area contributed by atoms with Crippen LogP contribution in [0, 0.1) is 0 Å². The third-order valence-electron chi connectivity index (χ3n) is 5.58. The first-order valence-electron chi connectivity index (χ1n) is 10.2. The number of nitrogens with zero attached hydrogens (tertiary/aromatic N) is 1. The van der Waals surface area contributed by atoms with E-state index in [1.54, 1.807) is 0 Å². The van der Waals surface area contributed by atoms with Crippen molar-refractivity contribution in [2.45, 2.75) is 24.3 Å². The van der Waals surface area contributed by atoms with Gasteiger partial charge in [0.25, 0.3) is 0 Å². The van der Waals surface area contributed by atoms with Crippen LogP contribution in [0.25, 0.3) is 11.1 Å². The molecular formula is C24H21F3N2O4. The molecule has 33 heavy (non-hydrogen) atoms. The number of alkyl carbamates (subject to hydrolysis) is 1. The van der Waals surface area contributed by atoms with Crippen molar-refractivity contribution in [2.75, 3.05) is 13.2 Å². The number of aliphatic hydroxyl groups is 2. The van der Waals surface area contributed by atoms with E-state index in [9.17, 15) is 28.2 Å². The Morgan fingerprint density at radius 2 is 1.61 bits per heavy atom. The van der Waals surface area contributed by atoms with Gasteiger partial charge in [0.15, 0.2) is 0 Å². The van der Waals surface area contributed by atoms with Crippen molar-refractivity contribution in [1.82, 2.24) is 10.3 Å². The molecule has 0 fully saturated rings. The van der Waals surface area contributed by atoms with Gasteiger partial charge in [0, 0.05) is 24.2 Å². The van der Waals surface area contributed by atoms with Gasteiger partial charge in [-0.2, -0.15) is 13.2 Å². The van der Waals surface area contributed by atoms with E-state index >= 15 is 0 Å². The molecule has 0 aliphatic heterocycles. The Bertz CT molecular complexity index is 1090. The second-order valence-electron chi connectivity index (χ2n) is 7.69. The molecule has 1 aliphatic carbocycles. The fourth-order valence-corrected chi connectivity index (χ4v) is 3.92. The molecule has 1 amide bonds. The van der Waals surface area contributed by atoms with Crippen LogP contribution in [0.1, 0.15) is 34.4 Å². The molecule has 6 nitrogen and oxygen atoms in total. The number of fused-ring (bicyclic) bond motifs is 3. The molecule has 3 aromatic rings. The Morgan fingerprint density at radius 3 is 2.15 bits per heavy atom. The molecule has 9 heteroatoms. The SMILES string of the molecule is O=C(NCC(O)C(O)c1ccc(C(F)(F)F)nc1)OCC1c2ccccc2-c2ccccc21. The summed E-state index contributed by atoms with van der Waals surface area (Å²) in [6.07, 6.45) is -7.55. The van der Waals surface area contributed by atoms with Gasteiger partial charge >= 0.3 is 12.3 Å². The van der Waals surface area contributed by atoms with Crippen LogP contribution in [-0.2, 0) is 10.9 Å². The van der Waals surface area contributed by atoms with E-state index in [2.05, 4.69) is 10.3 Å². The smallest absolute Gasteiger partial charge is 0.433 e. The number of carbonyl (C=O) groups is 1. The molecule has 2 atom stereocenters. The van der Waals surface area contributed by atoms with E-state index in [4.69, 9.17) is 4.74 Å². The van der Waals surface area contributed by atoms with Crippen molar-refractivity contribution in [1.29, 1.82) is 0 Å². The number of ether oxygens (including phenoxy) is 1. The lowest BCUT2D eigenvalue weighted by Gasteiger charge is -2.19. The van der Waals surface area contributed by atoms with E-state index in [0.717, 1.165) is 34.5 Å². The highest BCUT2D eigenvalue weighted by atomic mass is 19.4. The van der Waals surface area contributed by atoms with Gasteiger partial charge in [0.05, 0.1) is 0 Å². The minimum Gasteiger partial charge on any atom is -0.449 e. The summed E-state index contributed by atoms with van der Waals surface area (Å²) < 4.78 is 43.2. The highest BCUT2D eigenvalue weighted by Gasteiger charge is 2.33. The van der Waals surface area contributed by atoms with Crippen LogP contribution in [0.2, 0.25) is 0 Å². The number of rotatable bonds is 6. The molecule has 1 heterocycles. The number of hydrogen-bond acceptors (Lipinski definition) is 5. The molecule has 0 radical (unpaired) electrons. The zero-order valence-corrected chi connectivity index (χ0v) is 17.3. The van der Waals surface area contributed by atoms with E-state index in [-0.39, 0.29) is 24.6 Å². The summed E-state index contributed by atoms with van der Waals surface area (Å²) in [6.45, 7) is -0.278. The number of aromatic nitrogens is 1. The van der Waals surface area contributed by atoms with Gasteiger partial charge < -0.3 is 20.3 Å². The maximum absolute atomic E-state index is 12.6. The molecule has 3 N–H and O–H groups in total. The molecule has 0 bridgehead atoms. The number of halogens is 3. The lowest BCUT2D eigenvalue weighted by atomic mass is 9.98. The predicted octanol–water partition coefficient (Wildman–Crippen LogP) is 4.03. The highest BCUT2D eigenvalue weighted by molar-refractivity contribution is 5.79. The van der Waals surface area contributed by atoms with Gasteiger partial charge in [-0.25, -0.2) is 4.79 Å². The Morgan fingerprint density at radius 1 is 1.00 bits per heavy atom. The largest absolute Gasteiger partial charge is 0.449 e. The first-order valence-corrected chi connectivity index (χ1v) is 10.2. The number of pyridine rings is 1. The number of carbonyl (C=O) groups excluding carboxylic acids is 1. The maximum atomic E-state index is 12.6. The number of aliphatic hydroxyl groups excluding tert-OH is 2. The first kappa shape index (κ1) is 22.8.